The van der Waals surface area contributed by atoms with Gasteiger partial charge in [0.25, 0.3) is 0 Å². The van der Waals surface area contributed by atoms with Crippen molar-refractivity contribution < 1.29 is 14.3 Å². The fraction of sp³-hybridized carbons (Fsp3) is 0.172. The molecule has 6 heteroatoms. The van der Waals surface area contributed by atoms with Crippen LogP contribution < -0.4 is 10.9 Å². The lowest BCUT2D eigenvalue weighted by atomic mass is 9.88. The molecule has 2 N–H and O–H groups in total. The van der Waals surface area contributed by atoms with E-state index in [1.807, 2.05) is 61.7 Å². The average molecular weight is 467 g/mol. The van der Waals surface area contributed by atoms with Crippen LogP contribution in [0.25, 0.3) is 21.9 Å². The zero-order chi connectivity index (χ0) is 24.4. The standard InChI is InChI=1S/C29H26N2O4/c1-2-22(27-28(33)23-11-4-6-13-25(23)35-29(27)34)20-9-7-10-21(18-20)30-26(32)15-17-31-16-14-19-8-3-5-12-24(19)31/h3-14,16,18,22,33H,2,15,17H2,1H3,(H,30,32). The van der Waals surface area contributed by atoms with Crippen molar-refractivity contribution in [2.75, 3.05) is 5.32 Å². The van der Waals surface area contributed by atoms with E-state index in [9.17, 15) is 14.7 Å². The predicted octanol–water partition coefficient (Wildman–Crippen LogP) is 6.02. The molecule has 176 valence electrons. The van der Waals surface area contributed by atoms with Gasteiger partial charge in [-0.05, 0) is 53.8 Å². The van der Waals surface area contributed by atoms with E-state index in [-0.39, 0.29) is 23.1 Å². The van der Waals surface area contributed by atoms with E-state index in [2.05, 4.69) is 16.0 Å². The number of fused-ring (bicyclic) bond motifs is 2. The van der Waals surface area contributed by atoms with Gasteiger partial charge in [-0.3, -0.25) is 4.79 Å². The summed E-state index contributed by atoms with van der Waals surface area (Å²) in [4.78, 5) is 25.5. The third kappa shape index (κ3) is 4.43. The van der Waals surface area contributed by atoms with Crippen LogP contribution in [0.5, 0.6) is 5.75 Å². The number of aromatic nitrogens is 1. The number of hydrogen-bond acceptors (Lipinski definition) is 4. The summed E-state index contributed by atoms with van der Waals surface area (Å²) in [5, 5.41) is 15.5. The number of benzene rings is 3. The van der Waals surface area contributed by atoms with Gasteiger partial charge in [0.1, 0.15) is 11.3 Å². The van der Waals surface area contributed by atoms with Crippen LogP contribution >= 0.6 is 0 Å². The number of aromatic hydroxyl groups is 1. The molecule has 0 aliphatic carbocycles. The van der Waals surface area contributed by atoms with Gasteiger partial charge in [-0.2, -0.15) is 0 Å². The maximum atomic E-state index is 12.8. The quantitative estimate of drug-likeness (QED) is 0.287. The highest BCUT2D eigenvalue weighted by Gasteiger charge is 2.23. The van der Waals surface area contributed by atoms with Gasteiger partial charge in [0, 0.05) is 36.3 Å². The van der Waals surface area contributed by atoms with Crippen molar-refractivity contribution in [3.05, 3.63) is 107 Å². The molecule has 0 fully saturated rings. The molecule has 0 radical (unpaired) electrons. The summed E-state index contributed by atoms with van der Waals surface area (Å²) in [5.74, 6) is -0.530. The summed E-state index contributed by atoms with van der Waals surface area (Å²) in [7, 11) is 0. The Labute approximate surface area is 202 Å². The summed E-state index contributed by atoms with van der Waals surface area (Å²) in [6.45, 7) is 2.52. The first-order chi connectivity index (χ1) is 17.0. The van der Waals surface area contributed by atoms with Gasteiger partial charge in [-0.25, -0.2) is 4.79 Å². The van der Waals surface area contributed by atoms with E-state index in [0.717, 1.165) is 16.5 Å². The Morgan fingerprint density at radius 1 is 1.03 bits per heavy atom. The van der Waals surface area contributed by atoms with Crippen molar-refractivity contribution >= 4 is 33.5 Å². The van der Waals surface area contributed by atoms with Crippen molar-refractivity contribution in [3.63, 3.8) is 0 Å². The van der Waals surface area contributed by atoms with Crippen molar-refractivity contribution in [2.45, 2.75) is 32.2 Å². The molecule has 0 spiro atoms. The Hall–Kier alpha value is -4.32. The van der Waals surface area contributed by atoms with Crippen LogP contribution in [-0.2, 0) is 11.3 Å². The molecule has 0 bridgehead atoms. The Balaban J connectivity index is 1.36. The molecule has 0 saturated carbocycles. The molecule has 2 aromatic heterocycles. The summed E-state index contributed by atoms with van der Waals surface area (Å²) in [6.07, 6.45) is 2.90. The minimum absolute atomic E-state index is 0.0583. The van der Waals surface area contributed by atoms with Gasteiger partial charge < -0.3 is 19.4 Å². The summed E-state index contributed by atoms with van der Waals surface area (Å²) < 4.78 is 7.55. The average Bonchev–Trinajstić information content (AvgIpc) is 3.28. The van der Waals surface area contributed by atoms with Crippen LogP contribution in [-0.4, -0.2) is 15.6 Å². The maximum Gasteiger partial charge on any atom is 0.343 e. The number of carbonyl (C=O) groups excluding carboxylic acids is 1. The topological polar surface area (TPSA) is 84.5 Å². The molecule has 5 aromatic rings. The van der Waals surface area contributed by atoms with E-state index in [1.54, 1.807) is 24.3 Å². The molecule has 2 heterocycles. The molecule has 1 unspecified atom stereocenters. The second kappa shape index (κ2) is 9.50. The fourth-order valence-corrected chi connectivity index (χ4v) is 4.68. The monoisotopic (exact) mass is 466 g/mol. The summed E-state index contributed by atoms with van der Waals surface area (Å²) in [5.41, 5.74) is 2.59. The van der Waals surface area contributed by atoms with Crippen LogP contribution in [0.4, 0.5) is 5.69 Å². The third-order valence-electron chi connectivity index (χ3n) is 6.41. The molecule has 1 atom stereocenters. The predicted molar refractivity (Wildman–Crippen MR) is 138 cm³/mol. The lowest BCUT2D eigenvalue weighted by Crippen LogP contribution is -2.16. The number of rotatable bonds is 7. The van der Waals surface area contributed by atoms with Gasteiger partial charge in [0.2, 0.25) is 5.91 Å². The highest BCUT2D eigenvalue weighted by atomic mass is 16.4. The van der Waals surface area contributed by atoms with E-state index in [4.69, 9.17) is 4.42 Å². The normalized spacial score (nSPS) is 12.1. The number of nitrogens with one attached hydrogen (secondary N) is 1. The summed E-state index contributed by atoms with van der Waals surface area (Å²) in [6, 6.07) is 24.5. The van der Waals surface area contributed by atoms with Crippen molar-refractivity contribution in [2.24, 2.45) is 0 Å². The van der Waals surface area contributed by atoms with Crippen LogP contribution in [0.3, 0.4) is 0 Å². The molecule has 6 nitrogen and oxygen atoms in total. The summed E-state index contributed by atoms with van der Waals surface area (Å²) >= 11 is 0. The number of amides is 1. The number of para-hydroxylation sites is 2. The first-order valence-electron chi connectivity index (χ1n) is 11.7. The van der Waals surface area contributed by atoms with Crippen LogP contribution in [0.2, 0.25) is 0 Å². The van der Waals surface area contributed by atoms with Crippen LogP contribution in [0.15, 0.2) is 94.3 Å². The van der Waals surface area contributed by atoms with Gasteiger partial charge in [0.05, 0.1) is 10.9 Å². The van der Waals surface area contributed by atoms with Gasteiger partial charge in [0.15, 0.2) is 0 Å². The Morgan fingerprint density at radius 2 is 1.83 bits per heavy atom. The molecule has 0 aliphatic rings. The number of carbonyl (C=O) groups is 1. The molecule has 35 heavy (non-hydrogen) atoms. The highest BCUT2D eigenvalue weighted by molar-refractivity contribution is 5.91. The Morgan fingerprint density at radius 3 is 2.69 bits per heavy atom. The van der Waals surface area contributed by atoms with E-state index in [0.29, 0.717) is 36.0 Å². The number of nitrogens with zero attached hydrogens (tertiary/aromatic N) is 1. The van der Waals surface area contributed by atoms with Crippen molar-refractivity contribution in [1.82, 2.24) is 4.57 Å². The molecular formula is C29H26N2O4. The molecule has 5 rings (SSSR count). The largest absolute Gasteiger partial charge is 0.507 e. The minimum Gasteiger partial charge on any atom is -0.507 e. The second-order valence-electron chi connectivity index (χ2n) is 8.60. The fourth-order valence-electron chi connectivity index (χ4n) is 4.68. The SMILES string of the molecule is CCC(c1cccc(NC(=O)CCn2ccc3ccccc32)c1)c1c(O)c2ccccc2oc1=O. The van der Waals surface area contributed by atoms with E-state index < -0.39 is 5.63 Å². The zero-order valence-corrected chi connectivity index (χ0v) is 19.4. The molecule has 0 saturated heterocycles. The Bertz CT molecular complexity index is 1580. The number of anilines is 1. The lowest BCUT2D eigenvalue weighted by Gasteiger charge is -2.18. The smallest absolute Gasteiger partial charge is 0.343 e. The van der Waals surface area contributed by atoms with Crippen molar-refractivity contribution in [3.8, 4) is 5.75 Å². The van der Waals surface area contributed by atoms with Gasteiger partial charge in [-0.1, -0.05) is 49.4 Å². The first-order valence-corrected chi connectivity index (χ1v) is 11.7. The molecule has 0 aliphatic heterocycles. The maximum absolute atomic E-state index is 12.8. The van der Waals surface area contributed by atoms with Gasteiger partial charge >= 0.3 is 5.63 Å². The van der Waals surface area contributed by atoms with Crippen LogP contribution in [0.1, 0.15) is 36.8 Å². The minimum atomic E-state index is -0.554. The number of hydrogen-bond donors (Lipinski definition) is 2. The molecular weight excluding hydrogens is 440 g/mol. The van der Waals surface area contributed by atoms with Gasteiger partial charge in [-0.15, -0.1) is 0 Å². The van der Waals surface area contributed by atoms with E-state index >= 15 is 0 Å². The second-order valence-corrected chi connectivity index (χ2v) is 8.60. The highest BCUT2D eigenvalue weighted by Crippen LogP contribution is 2.36. The third-order valence-corrected chi connectivity index (χ3v) is 6.41. The first kappa shape index (κ1) is 22.5. The van der Waals surface area contributed by atoms with E-state index in [1.165, 1.54) is 0 Å². The number of aryl methyl sites for hydroxylation is 1. The lowest BCUT2D eigenvalue weighted by molar-refractivity contribution is -0.116. The zero-order valence-electron chi connectivity index (χ0n) is 19.4. The van der Waals surface area contributed by atoms with Crippen LogP contribution in [0, 0.1) is 0 Å². The van der Waals surface area contributed by atoms with Crippen molar-refractivity contribution in [1.29, 1.82) is 0 Å². The molecule has 1 amide bonds. The Kier molecular flexibility index (Phi) is 6.10. The molecule has 3 aromatic carbocycles.